The fraction of sp³-hybridized carbons (Fsp3) is 0.414. The monoisotopic (exact) mass is 527 g/mol. The lowest BCUT2D eigenvalue weighted by Crippen LogP contribution is -2.30. The van der Waals surface area contributed by atoms with Crippen LogP contribution in [0.1, 0.15) is 31.6 Å². The number of hydrogen-bond donors (Lipinski definition) is 3. The normalized spacial score (nSPS) is 13.4. The summed E-state index contributed by atoms with van der Waals surface area (Å²) >= 11 is 0. The van der Waals surface area contributed by atoms with Crippen molar-refractivity contribution in [2.75, 3.05) is 59.3 Å². The summed E-state index contributed by atoms with van der Waals surface area (Å²) in [6, 6.07) is 14.8. The highest BCUT2D eigenvalue weighted by Crippen LogP contribution is 2.24. The summed E-state index contributed by atoms with van der Waals surface area (Å²) in [4.78, 5) is 12.6. The van der Waals surface area contributed by atoms with Gasteiger partial charge in [-0.1, -0.05) is 29.8 Å². The minimum atomic E-state index is -0.363. The van der Waals surface area contributed by atoms with Crippen molar-refractivity contribution in [3.05, 3.63) is 77.6 Å². The topological polar surface area (TPSA) is 99.3 Å². The molecule has 9 nitrogen and oxygen atoms in total. The maximum Gasteiger partial charge on any atom is 0.319 e. The van der Waals surface area contributed by atoms with Gasteiger partial charge >= 0.3 is 6.03 Å². The van der Waals surface area contributed by atoms with Crippen molar-refractivity contribution in [2.45, 2.75) is 32.1 Å². The van der Waals surface area contributed by atoms with E-state index in [1.165, 1.54) is 0 Å². The Hall–Kier alpha value is -3.53. The number of nitrogens with one attached hydrogen (secondary N) is 3. The first kappa shape index (κ1) is 30.7. The smallest absolute Gasteiger partial charge is 0.319 e. The first-order valence-electron chi connectivity index (χ1n) is 12.5. The van der Waals surface area contributed by atoms with Gasteiger partial charge in [0.2, 0.25) is 0 Å². The number of amides is 2. The Kier molecular flexibility index (Phi) is 13.8. The number of methoxy groups -OCH3 is 5. The second-order valence-corrected chi connectivity index (χ2v) is 8.47. The Morgan fingerprint density at radius 2 is 1.68 bits per heavy atom. The molecule has 0 aliphatic heterocycles. The van der Waals surface area contributed by atoms with E-state index < -0.39 is 0 Å². The second kappa shape index (κ2) is 17.1. The largest absolute Gasteiger partial charge is 0.499 e. The predicted octanol–water partition coefficient (Wildman–Crippen LogP) is 5.49. The Bertz CT molecular complexity index is 1040. The third kappa shape index (κ3) is 10.5. The standard InChI is InChI=1S/C29H41N3O6/c1-21(35-3)27(37-5)12-7-9-22(17-18-34-2)20-30-29(33)32-25-11-8-10-24(19-25)31-28(38-6)23-13-15-26(36-4)16-14-23/h8,10-17,19,21,28,31H,7,9,18,20H2,1-6H3,(H2,30,32,33)/b22-17+,27-12+. The summed E-state index contributed by atoms with van der Waals surface area (Å²) < 4.78 is 26.7. The molecule has 0 spiro atoms. The molecule has 0 fully saturated rings. The summed E-state index contributed by atoms with van der Waals surface area (Å²) in [5.41, 5.74) is 3.46. The Morgan fingerprint density at radius 3 is 2.32 bits per heavy atom. The van der Waals surface area contributed by atoms with Crippen molar-refractivity contribution in [1.82, 2.24) is 5.32 Å². The molecule has 2 atom stereocenters. The second-order valence-electron chi connectivity index (χ2n) is 8.47. The van der Waals surface area contributed by atoms with Gasteiger partial charge in [-0.05, 0) is 56.2 Å². The van der Waals surface area contributed by atoms with E-state index in [0.717, 1.165) is 41.2 Å². The van der Waals surface area contributed by atoms with Crippen molar-refractivity contribution in [3.8, 4) is 5.75 Å². The van der Waals surface area contributed by atoms with Gasteiger partial charge in [0, 0.05) is 44.8 Å². The van der Waals surface area contributed by atoms with E-state index in [-0.39, 0.29) is 18.4 Å². The van der Waals surface area contributed by atoms with Crippen molar-refractivity contribution < 1.29 is 28.5 Å². The predicted molar refractivity (Wildman–Crippen MR) is 151 cm³/mol. The average molecular weight is 528 g/mol. The molecule has 0 saturated carbocycles. The van der Waals surface area contributed by atoms with Crippen LogP contribution in [0.3, 0.4) is 0 Å². The maximum absolute atomic E-state index is 12.6. The zero-order valence-electron chi connectivity index (χ0n) is 23.2. The molecule has 9 heteroatoms. The molecule has 0 heterocycles. The maximum atomic E-state index is 12.6. The Balaban J connectivity index is 1.95. The highest BCUT2D eigenvalue weighted by atomic mass is 16.5. The Labute approximate surface area is 226 Å². The van der Waals surface area contributed by atoms with Gasteiger partial charge in [0.1, 0.15) is 17.6 Å². The van der Waals surface area contributed by atoms with Gasteiger partial charge in [-0.2, -0.15) is 0 Å². The van der Waals surface area contributed by atoms with Crippen molar-refractivity contribution in [2.24, 2.45) is 0 Å². The first-order chi connectivity index (χ1) is 18.4. The summed E-state index contributed by atoms with van der Waals surface area (Å²) in [5.74, 6) is 1.55. The first-order valence-corrected chi connectivity index (χ1v) is 12.5. The van der Waals surface area contributed by atoms with Crippen LogP contribution in [-0.2, 0) is 18.9 Å². The van der Waals surface area contributed by atoms with Crippen LogP contribution in [0, 0.1) is 0 Å². The van der Waals surface area contributed by atoms with E-state index in [0.29, 0.717) is 18.8 Å². The van der Waals surface area contributed by atoms with Gasteiger partial charge in [-0.3, -0.25) is 0 Å². The molecule has 2 amide bonds. The molecule has 0 bridgehead atoms. The summed E-state index contributed by atoms with van der Waals surface area (Å²) in [5, 5.41) is 9.15. The minimum Gasteiger partial charge on any atom is -0.499 e. The number of allylic oxidation sites excluding steroid dienone is 1. The number of rotatable bonds is 16. The third-order valence-electron chi connectivity index (χ3n) is 5.89. The van der Waals surface area contributed by atoms with Crippen LogP contribution in [0.5, 0.6) is 5.75 Å². The van der Waals surface area contributed by atoms with E-state index in [1.807, 2.05) is 67.6 Å². The molecule has 2 rings (SSSR count). The fourth-order valence-corrected chi connectivity index (χ4v) is 3.66. The molecule has 2 aromatic carbocycles. The zero-order valence-corrected chi connectivity index (χ0v) is 23.2. The number of anilines is 2. The highest BCUT2D eigenvalue weighted by molar-refractivity contribution is 5.89. The number of carbonyl (C=O) groups is 1. The SMILES string of the molecule is COC/C=C(\CC/C=C(/OC)C(C)OC)CNC(=O)Nc1cccc(NC(OC)c2ccc(OC)cc2)c1. The lowest BCUT2D eigenvalue weighted by molar-refractivity contribution is 0.0909. The molecular weight excluding hydrogens is 486 g/mol. The van der Waals surface area contributed by atoms with Gasteiger partial charge in [0.05, 0.1) is 20.8 Å². The number of ether oxygens (including phenoxy) is 5. The number of benzene rings is 2. The molecule has 38 heavy (non-hydrogen) atoms. The third-order valence-corrected chi connectivity index (χ3v) is 5.89. The van der Waals surface area contributed by atoms with Crippen LogP contribution in [0.25, 0.3) is 0 Å². The quantitative estimate of drug-likeness (QED) is 0.151. The Morgan fingerprint density at radius 1 is 0.947 bits per heavy atom. The molecule has 0 aliphatic rings. The van der Waals surface area contributed by atoms with Crippen LogP contribution in [0.15, 0.2) is 72.0 Å². The molecule has 208 valence electrons. The van der Waals surface area contributed by atoms with E-state index in [4.69, 9.17) is 23.7 Å². The lowest BCUT2D eigenvalue weighted by atomic mass is 10.1. The van der Waals surface area contributed by atoms with E-state index in [2.05, 4.69) is 16.0 Å². The summed E-state index contributed by atoms with van der Waals surface area (Å²) in [6.07, 6.45) is 5.00. The molecule has 2 unspecified atom stereocenters. The molecule has 0 radical (unpaired) electrons. The van der Waals surface area contributed by atoms with Gasteiger partial charge in [-0.15, -0.1) is 0 Å². The molecule has 3 N–H and O–H groups in total. The van der Waals surface area contributed by atoms with Crippen LogP contribution in [0.2, 0.25) is 0 Å². The van der Waals surface area contributed by atoms with Gasteiger partial charge in [-0.25, -0.2) is 4.79 Å². The number of hydrogen-bond acceptors (Lipinski definition) is 7. The van der Waals surface area contributed by atoms with Gasteiger partial charge < -0.3 is 39.6 Å². The van der Waals surface area contributed by atoms with Crippen molar-refractivity contribution >= 4 is 17.4 Å². The minimum absolute atomic E-state index is 0.115. The fourth-order valence-electron chi connectivity index (χ4n) is 3.66. The zero-order chi connectivity index (χ0) is 27.8. The van der Waals surface area contributed by atoms with Crippen molar-refractivity contribution in [1.29, 1.82) is 0 Å². The van der Waals surface area contributed by atoms with Crippen LogP contribution >= 0.6 is 0 Å². The summed E-state index contributed by atoms with van der Waals surface area (Å²) in [6.45, 7) is 2.80. The molecule has 2 aromatic rings. The molecule has 0 aromatic heterocycles. The van der Waals surface area contributed by atoms with Crippen LogP contribution < -0.4 is 20.7 Å². The van der Waals surface area contributed by atoms with Crippen LogP contribution in [0.4, 0.5) is 16.2 Å². The van der Waals surface area contributed by atoms with Gasteiger partial charge in [0.25, 0.3) is 0 Å². The molecule has 0 aliphatic carbocycles. The van der Waals surface area contributed by atoms with E-state index in [9.17, 15) is 4.79 Å². The molecular formula is C29H41N3O6. The number of urea groups is 1. The number of carbonyl (C=O) groups excluding carboxylic acids is 1. The van der Waals surface area contributed by atoms with Crippen molar-refractivity contribution in [3.63, 3.8) is 0 Å². The van der Waals surface area contributed by atoms with E-state index >= 15 is 0 Å². The summed E-state index contributed by atoms with van der Waals surface area (Å²) in [7, 11) is 8.18. The lowest BCUT2D eigenvalue weighted by Gasteiger charge is -2.19. The van der Waals surface area contributed by atoms with Crippen LogP contribution in [-0.4, -0.2) is 60.8 Å². The highest BCUT2D eigenvalue weighted by Gasteiger charge is 2.12. The average Bonchev–Trinajstić information content (AvgIpc) is 2.95. The van der Waals surface area contributed by atoms with E-state index in [1.54, 1.807) is 35.5 Å². The molecule has 0 saturated heterocycles. The van der Waals surface area contributed by atoms with Gasteiger partial charge in [0.15, 0.2) is 6.23 Å².